The van der Waals surface area contributed by atoms with Gasteiger partial charge in [0.25, 0.3) is 0 Å². The van der Waals surface area contributed by atoms with Crippen LogP contribution in [0.2, 0.25) is 0 Å². The summed E-state index contributed by atoms with van der Waals surface area (Å²) in [6, 6.07) is 0. The van der Waals surface area contributed by atoms with Crippen molar-refractivity contribution in [1.29, 1.82) is 0 Å². The molecule has 0 aromatic carbocycles. The molecule has 1 aliphatic rings. The van der Waals surface area contributed by atoms with Crippen LogP contribution in [0.25, 0.3) is 0 Å². The molecule has 0 unspecified atom stereocenters. The van der Waals surface area contributed by atoms with Crippen molar-refractivity contribution in [3.05, 3.63) is 21.5 Å². The maximum atomic E-state index is 12.1. The largest absolute Gasteiger partial charge is 0.444 e. The van der Waals surface area contributed by atoms with Gasteiger partial charge in [-0.05, 0) is 34.6 Å². The minimum Gasteiger partial charge on any atom is -0.444 e. The molecule has 2 amide bonds. The van der Waals surface area contributed by atoms with Gasteiger partial charge in [0.15, 0.2) is 0 Å². The van der Waals surface area contributed by atoms with Crippen LogP contribution in [-0.2, 0) is 16.1 Å². The van der Waals surface area contributed by atoms with Crippen LogP contribution in [0.1, 0.15) is 32.2 Å². The van der Waals surface area contributed by atoms with Crippen LogP contribution in [0.3, 0.4) is 0 Å². The topological polar surface area (TPSA) is 123 Å². The highest BCUT2D eigenvalue weighted by atomic mass is 16.6. The quantitative estimate of drug-likeness (QED) is 0.550. The van der Waals surface area contributed by atoms with Crippen LogP contribution in [0, 0.1) is 24.0 Å². The number of nitro groups is 1. The average molecular weight is 410 g/mol. The molecule has 0 saturated carbocycles. The summed E-state index contributed by atoms with van der Waals surface area (Å²) in [5.41, 5.74) is 0.0921. The van der Waals surface area contributed by atoms with Gasteiger partial charge in [0.05, 0.1) is 4.92 Å². The molecule has 1 N–H and O–H groups in total. The molecule has 11 heteroatoms. The summed E-state index contributed by atoms with van der Waals surface area (Å²) in [5.74, 6) is -0.252. The minimum absolute atomic E-state index is 0.0549. The Kier molecular flexibility index (Phi) is 7.17. The molecule has 11 nitrogen and oxygen atoms in total. The van der Waals surface area contributed by atoms with Crippen LogP contribution >= 0.6 is 0 Å². The Morgan fingerprint density at radius 1 is 1.21 bits per heavy atom. The monoisotopic (exact) mass is 410 g/mol. The zero-order chi connectivity index (χ0) is 21.8. The van der Waals surface area contributed by atoms with E-state index in [1.54, 1.807) is 18.7 Å². The molecule has 0 radical (unpaired) electrons. The molecule has 1 aromatic rings. The fourth-order valence-electron chi connectivity index (χ4n) is 3.13. The highest BCUT2D eigenvalue weighted by Crippen LogP contribution is 2.21. The van der Waals surface area contributed by atoms with Crippen LogP contribution < -0.4 is 5.32 Å². The summed E-state index contributed by atoms with van der Waals surface area (Å²) >= 11 is 0. The molecule has 0 aliphatic carbocycles. The molecule has 2 heterocycles. The third kappa shape index (κ3) is 6.41. The fraction of sp³-hybridized carbons (Fsp3) is 0.722. The normalized spacial score (nSPS) is 15.3. The molecule has 29 heavy (non-hydrogen) atoms. The minimum atomic E-state index is -0.510. The Morgan fingerprint density at radius 2 is 1.83 bits per heavy atom. The SMILES string of the molecule is Cc1nn(CC(=O)NCCN2CCN(C(=O)OC(C)(C)C)CC2)c(C)c1[N+](=O)[O-]. The third-order valence-electron chi connectivity index (χ3n) is 4.59. The van der Waals surface area contributed by atoms with Crippen LogP contribution in [0.15, 0.2) is 0 Å². The van der Waals surface area contributed by atoms with Crippen molar-refractivity contribution in [2.75, 3.05) is 39.3 Å². The number of amides is 2. The fourth-order valence-corrected chi connectivity index (χ4v) is 3.13. The van der Waals surface area contributed by atoms with E-state index in [0.29, 0.717) is 50.7 Å². The van der Waals surface area contributed by atoms with Gasteiger partial charge in [-0.15, -0.1) is 0 Å². The third-order valence-corrected chi connectivity index (χ3v) is 4.59. The Labute approximate surface area is 170 Å². The van der Waals surface area contributed by atoms with Crippen LogP contribution in [-0.4, -0.2) is 81.4 Å². The number of hydrogen-bond donors (Lipinski definition) is 1. The van der Waals surface area contributed by atoms with Gasteiger partial charge in [-0.3, -0.25) is 24.5 Å². The first-order valence-electron chi connectivity index (χ1n) is 9.63. The standard InChI is InChI=1S/C18H30N6O5/c1-13-16(24(27)28)14(2)23(20-13)12-15(25)19-6-7-21-8-10-22(11-9-21)17(26)29-18(3,4)5/h6-12H2,1-5H3,(H,19,25). The second-order valence-electron chi connectivity index (χ2n) is 8.09. The van der Waals surface area contributed by atoms with E-state index in [1.165, 1.54) is 4.68 Å². The van der Waals surface area contributed by atoms with Crippen molar-refractivity contribution >= 4 is 17.7 Å². The van der Waals surface area contributed by atoms with Crippen molar-refractivity contribution in [1.82, 2.24) is 24.9 Å². The van der Waals surface area contributed by atoms with E-state index in [-0.39, 0.29) is 24.2 Å². The lowest BCUT2D eigenvalue weighted by Crippen LogP contribution is -2.51. The van der Waals surface area contributed by atoms with Crippen molar-refractivity contribution in [2.45, 2.75) is 46.8 Å². The molecule has 1 aromatic heterocycles. The van der Waals surface area contributed by atoms with Crippen LogP contribution in [0.4, 0.5) is 10.5 Å². The number of rotatable bonds is 6. The predicted molar refractivity (Wildman–Crippen MR) is 106 cm³/mol. The van der Waals surface area contributed by atoms with Crippen molar-refractivity contribution in [3.8, 4) is 0 Å². The Morgan fingerprint density at radius 3 is 2.34 bits per heavy atom. The summed E-state index contributed by atoms with van der Waals surface area (Å²) in [4.78, 5) is 38.6. The van der Waals surface area contributed by atoms with E-state index < -0.39 is 10.5 Å². The number of carbonyl (C=O) groups is 2. The molecule has 0 atom stereocenters. The first-order valence-corrected chi connectivity index (χ1v) is 9.63. The Hall–Kier alpha value is -2.69. The number of hydrogen-bond acceptors (Lipinski definition) is 7. The van der Waals surface area contributed by atoms with E-state index in [1.807, 2.05) is 20.8 Å². The molecule has 162 valence electrons. The molecular formula is C18H30N6O5. The zero-order valence-corrected chi connectivity index (χ0v) is 17.7. The lowest BCUT2D eigenvalue weighted by molar-refractivity contribution is -0.386. The lowest BCUT2D eigenvalue weighted by Gasteiger charge is -2.35. The number of piperazine rings is 1. The summed E-state index contributed by atoms with van der Waals surface area (Å²) in [5, 5.41) is 17.9. The van der Waals surface area contributed by atoms with Gasteiger partial charge in [-0.2, -0.15) is 5.10 Å². The summed E-state index contributed by atoms with van der Waals surface area (Å²) < 4.78 is 6.73. The van der Waals surface area contributed by atoms with Crippen molar-refractivity contribution in [2.24, 2.45) is 0 Å². The molecule has 2 rings (SSSR count). The Bertz CT molecular complexity index is 762. The highest BCUT2D eigenvalue weighted by molar-refractivity contribution is 5.75. The maximum Gasteiger partial charge on any atom is 0.410 e. The van der Waals surface area contributed by atoms with Gasteiger partial charge in [0.1, 0.15) is 23.5 Å². The highest BCUT2D eigenvalue weighted by Gasteiger charge is 2.26. The molecular weight excluding hydrogens is 380 g/mol. The number of aromatic nitrogens is 2. The second-order valence-corrected chi connectivity index (χ2v) is 8.09. The number of aryl methyl sites for hydroxylation is 1. The van der Waals surface area contributed by atoms with E-state index >= 15 is 0 Å². The number of nitrogens with one attached hydrogen (secondary N) is 1. The van der Waals surface area contributed by atoms with Gasteiger partial charge in [0.2, 0.25) is 5.91 Å². The first kappa shape index (κ1) is 22.6. The van der Waals surface area contributed by atoms with Gasteiger partial charge in [-0.25, -0.2) is 4.79 Å². The lowest BCUT2D eigenvalue weighted by atomic mass is 10.2. The zero-order valence-electron chi connectivity index (χ0n) is 17.7. The average Bonchev–Trinajstić information content (AvgIpc) is 2.87. The van der Waals surface area contributed by atoms with Gasteiger partial charge >= 0.3 is 11.8 Å². The summed E-state index contributed by atoms with van der Waals surface area (Å²) in [6.07, 6.45) is -0.301. The molecule has 0 bridgehead atoms. The molecule has 1 fully saturated rings. The smallest absolute Gasteiger partial charge is 0.410 e. The number of nitrogens with zero attached hydrogens (tertiary/aromatic N) is 5. The number of carbonyl (C=O) groups excluding carboxylic acids is 2. The van der Waals surface area contributed by atoms with Gasteiger partial charge in [-0.1, -0.05) is 0 Å². The molecule has 1 aliphatic heterocycles. The van der Waals surface area contributed by atoms with Crippen molar-refractivity contribution in [3.63, 3.8) is 0 Å². The van der Waals surface area contributed by atoms with Crippen molar-refractivity contribution < 1.29 is 19.2 Å². The predicted octanol–water partition coefficient (Wildman–Crippen LogP) is 1.08. The first-order chi connectivity index (χ1) is 13.5. The van der Waals surface area contributed by atoms with Gasteiger partial charge < -0.3 is 15.0 Å². The summed E-state index contributed by atoms with van der Waals surface area (Å²) in [6.45, 7) is 12.3. The maximum absolute atomic E-state index is 12.1. The molecule has 1 saturated heterocycles. The van der Waals surface area contributed by atoms with E-state index in [2.05, 4.69) is 15.3 Å². The molecule has 0 spiro atoms. The van der Waals surface area contributed by atoms with E-state index in [0.717, 1.165) is 0 Å². The van der Waals surface area contributed by atoms with Gasteiger partial charge in [0, 0.05) is 39.3 Å². The number of ether oxygens (including phenoxy) is 1. The van der Waals surface area contributed by atoms with Crippen LogP contribution in [0.5, 0.6) is 0 Å². The van der Waals surface area contributed by atoms with E-state index in [9.17, 15) is 19.7 Å². The van der Waals surface area contributed by atoms with E-state index in [4.69, 9.17) is 4.74 Å². The second kappa shape index (κ2) is 9.21. The summed E-state index contributed by atoms with van der Waals surface area (Å²) in [7, 11) is 0. The Balaban J connectivity index is 1.72.